The third-order valence-corrected chi connectivity index (χ3v) is 3.67. The number of rotatable bonds is 4. The van der Waals surface area contributed by atoms with Crippen molar-refractivity contribution in [2.45, 2.75) is 0 Å². The molecule has 188 valence electrons. The minimum absolute atomic E-state index is 0. The quantitative estimate of drug-likeness (QED) is 0.125. The summed E-state index contributed by atoms with van der Waals surface area (Å²) in [7, 11) is 0. The molecule has 0 amide bonds. The van der Waals surface area contributed by atoms with Gasteiger partial charge in [-0.15, -0.1) is 0 Å². The van der Waals surface area contributed by atoms with E-state index in [4.69, 9.17) is 0 Å². The van der Waals surface area contributed by atoms with Crippen molar-refractivity contribution < 1.29 is 114 Å². The molecule has 0 unspecified atom stereocenters. The number of nitrogens with zero attached hydrogens (tertiary/aromatic N) is 4. The fourth-order valence-corrected chi connectivity index (χ4v) is 2.14. The van der Waals surface area contributed by atoms with Crippen LogP contribution in [0.5, 0.6) is 23.3 Å². The first-order chi connectivity index (χ1) is 16.6. The largest absolute Gasteiger partial charge is 0.493 e. The summed E-state index contributed by atoms with van der Waals surface area (Å²) in [6.45, 7) is 0. The molecular formula is C20H5F9N4O2Y2-2. The van der Waals surface area contributed by atoms with Gasteiger partial charge in [0.05, 0.1) is 0 Å². The van der Waals surface area contributed by atoms with Gasteiger partial charge in [-0.3, -0.25) is 0 Å². The van der Waals surface area contributed by atoms with E-state index in [0.717, 1.165) is 18.3 Å². The van der Waals surface area contributed by atoms with Gasteiger partial charge in [0.25, 0.3) is 0 Å². The van der Waals surface area contributed by atoms with Gasteiger partial charge >= 0.3 is 0 Å². The molecule has 2 aromatic carbocycles. The zero-order valence-corrected chi connectivity index (χ0v) is 23.2. The van der Waals surface area contributed by atoms with Crippen molar-refractivity contribution in [1.82, 2.24) is 19.9 Å². The summed E-state index contributed by atoms with van der Waals surface area (Å²) in [6.07, 6.45) is 6.43. The average molecular weight is 682 g/mol. The number of hydrogen-bond donors (Lipinski definition) is 0. The van der Waals surface area contributed by atoms with Gasteiger partial charge in [-0.25, -0.2) is 22.0 Å². The van der Waals surface area contributed by atoms with Crippen LogP contribution < -0.4 is 9.47 Å². The van der Waals surface area contributed by atoms with Gasteiger partial charge in [-0.05, 0) is 0 Å². The van der Waals surface area contributed by atoms with Crippen molar-refractivity contribution >= 4 is 0 Å². The van der Waals surface area contributed by atoms with Gasteiger partial charge in [0.15, 0.2) is 23.1 Å². The van der Waals surface area contributed by atoms with E-state index in [1.165, 1.54) is 6.20 Å². The monoisotopic (exact) mass is 682 g/mol. The number of hydrogen-bond acceptors (Lipinski definition) is 6. The Balaban J connectivity index is 0.000000351. The molecule has 0 aliphatic heterocycles. The van der Waals surface area contributed by atoms with Crippen LogP contribution in [-0.4, -0.2) is 19.9 Å². The van der Waals surface area contributed by atoms with Crippen molar-refractivity contribution in [2.24, 2.45) is 0 Å². The third-order valence-electron chi connectivity index (χ3n) is 3.67. The summed E-state index contributed by atoms with van der Waals surface area (Å²) in [5.41, 5.74) is 0. The molecule has 0 bridgehead atoms. The molecule has 2 aromatic heterocycles. The number of aromatic nitrogens is 4. The maximum atomic E-state index is 13.2. The molecule has 2 radical (unpaired) electrons. The first-order valence-electron chi connectivity index (χ1n) is 8.70. The second-order valence-corrected chi connectivity index (χ2v) is 5.89. The van der Waals surface area contributed by atoms with E-state index in [-0.39, 0.29) is 77.4 Å². The number of ether oxygens (including phenoxy) is 2. The van der Waals surface area contributed by atoms with Gasteiger partial charge in [0.1, 0.15) is 11.8 Å². The molecule has 0 aliphatic rings. The Labute approximate surface area is 251 Å². The Bertz CT molecular complexity index is 1300. The molecule has 0 N–H and O–H groups in total. The topological polar surface area (TPSA) is 70.0 Å². The summed E-state index contributed by atoms with van der Waals surface area (Å²) >= 11 is 0. The van der Waals surface area contributed by atoms with E-state index in [1.54, 1.807) is 0 Å². The van der Waals surface area contributed by atoms with E-state index >= 15 is 0 Å². The maximum absolute atomic E-state index is 13.2. The van der Waals surface area contributed by atoms with E-state index in [1.807, 2.05) is 6.33 Å². The normalized spacial score (nSPS) is 9.86. The van der Waals surface area contributed by atoms with Crippen LogP contribution in [0, 0.1) is 65.0 Å². The Morgan fingerprint density at radius 1 is 0.514 bits per heavy atom. The van der Waals surface area contributed by atoms with Crippen LogP contribution in [0.2, 0.25) is 0 Å². The van der Waals surface area contributed by atoms with E-state index in [0.29, 0.717) is 0 Å². The van der Waals surface area contributed by atoms with Crippen molar-refractivity contribution in [3.8, 4) is 23.3 Å². The summed E-state index contributed by atoms with van der Waals surface area (Å²) in [5, 5.41) is 0. The first-order valence-corrected chi connectivity index (χ1v) is 8.70. The van der Waals surface area contributed by atoms with Crippen LogP contribution in [-0.2, 0) is 65.4 Å². The van der Waals surface area contributed by atoms with Gasteiger partial charge in [0.2, 0.25) is 40.7 Å². The van der Waals surface area contributed by atoms with Crippen LogP contribution >= 0.6 is 0 Å². The number of halogens is 9. The first kappa shape index (κ1) is 32.8. The molecule has 2 heterocycles. The molecule has 4 aromatic rings. The van der Waals surface area contributed by atoms with E-state index in [2.05, 4.69) is 35.7 Å². The zero-order valence-electron chi connectivity index (χ0n) is 17.5. The zero-order chi connectivity index (χ0) is 25.7. The van der Waals surface area contributed by atoms with Crippen molar-refractivity contribution in [1.29, 1.82) is 0 Å². The average Bonchev–Trinajstić information content (AvgIpc) is 2.87. The van der Waals surface area contributed by atoms with Crippen LogP contribution in [0.15, 0.2) is 30.6 Å². The molecule has 4 rings (SSSR count). The van der Waals surface area contributed by atoms with Crippen LogP contribution in [0.25, 0.3) is 0 Å². The molecule has 37 heavy (non-hydrogen) atoms. The molecule has 0 aliphatic carbocycles. The van der Waals surface area contributed by atoms with Crippen LogP contribution in [0.3, 0.4) is 0 Å². The molecule has 0 fully saturated rings. The second kappa shape index (κ2) is 14.6. The molecule has 0 spiro atoms. The van der Waals surface area contributed by atoms with Crippen LogP contribution in [0.1, 0.15) is 0 Å². The Morgan fingerprint density at radius 3 is 1.22 bits per heavy atom. The Hall–Kier alpha value is -2.22. The van der Waals surface area contributed by atoms with Gasteiger partial charge in [-0.2, -0.15) is 17.6 Å². The fourth-order valence-electron chi connectivity index (χ4n) is 2.14. The molecule has 17 heteroatoms. The molecule has 0 saturated heterocycles. The van der Waals surface area contributed by atoms with Gasteiger partial charge in [-0.1, -0.05) is 24.5 Å². The minimum Gasteiger partial charge on any atom is -0.493 e. The van der Waals surface area contributed by atoms with Crippen molar-refractivity contribution in [3.63, 3.8) is 0 Å². The molecular weight excluding hydrogens is 677 g/mol. The summed E-state index contributed by atoms with van der Waals surface area (Å²) < 4.78 is 126. The molecule has 6 nitrogen and oxygen atoms in total. The van der Waals surface area contributed by atoms with E-state index in [9.17, 15) is 39.5 Å². The summed E-state index contributed by atoms with van der Waals surface area (Å²) in [4.78, 5) is 13.5. The van der Waals surface area contributed by atoms with Crippen molar-refractivity contribution in [3.05, 3.63) is 95.6 Å². The fraction of sp³-hybridized carbons (Fsp3) is 0. The maximum Gasteiger partial charge on any atom is 0.206 e. The third kappa shape index (κ3) is 7.88. The smallest absolute Gasteiger partial charge is 0.206 e. The number of benzene rings is 2. The Morgan fingerprint density at radius 2 is 0.865 bits per heavy atom. The second-order valence-electron chi connectivity index (χ2n) is 5.89. The Kier molecular flexibility index (Phi) is 13.0. The summed E-state index contributed by atoms with van der Waals surface area (Å²) in [5.74, 6) is -20.3. The predicted octanol–water partition coefficient (Wildman–Crippen LogP) is 5.39. The molecule has 0 saturated carbocycles. The van der Waals surface area contributed by atoms with Gasteiger partial charge in [0, 0.05) is 84.1 Å². The van der Waals surface area contributed by atoms with Gasteiger partial charge < -0.3 is 29.4 Å². The summed E-state index contributed by atoms with van der Waals surface area (Å²) in [6, 6.07) is 2.30. The standard InChI is InChI=1S/C10H2F5N2O.C10H3F4N2O.2Y/c11-5-6(12)8(14)10(9(15)7(5)13)18-4-1-2-16-3-17-4;11-5-3-6(12)9(14)10(8(5)13)17-7-1-2-15-4-16-7;;/h1-2H;1-3H;;/q2*-1;;. The SMILES string of the molecule is Fc1c(F)c(F)c(Oc2ccn[c-]n2)c(F)c1F.Fc1cc(F)c(F)c(Oc2ccn[c-]n2)c1F.[Y].[Y]. The van der Waals surface area contributed by atoms with Crippen LogP contribution in [0.4, 0.5) is 39.5 Å². The van der Waals surface area contributed by atoms with E-state index < -0.39 is 69.7 Å². The predicted molar refractivity (Wildman–Crippen MR) is 94.4 cm³/mol. The minimum atomic E-state index is -2.26. The van der Waals surface area contributed by atoms with Crippen molar-refractivity contribution in [2.75, 3.05) is 0 Å². The molecule has 0 atom stereocenters.